The van der Waals surface area contributed by atoms with Crippen LogP contribution in [0.15, 0.2) is 84.1 Å². The van der Waals surface area contributed by atoms with E-state index < -0.39 is 0 Å². The molecule has 0 fully saturated rings. The summed E-state index contributed by atoms with van der Waals surface area (Å²) < 4.78 is 6.01. The first-order valence-electron chi connectivity index (χ1n) is 8.58. The first-order chi connectivity index (χ1) is 11.7. The molecule has 24 heavy (non-hydrogen) atoms. The Balaban J connectivity index is 2.53. The highest BCUT2D eigenvalue weighted by atomic mass is 16.5. The fourth-order valence-electron chi connectivity index (χ4n) is 2.58. The second-order valence-corrected chi connectivity index (χ2v) is 5.63. The van der Waals surface area contributed by atoms with Crippen LogP contribution in [-0.2, 0) is 4.74 Å². The van der Waals surface area contributed by atoms with Gasteiger partial charge in [0.25, 0.3) is 0 Å². The molecule has 0 radical (unpaired) electrons. The highest BCUT2D eigenvalue weighted by molar-refractivity contribution is 5.83. The molecule has 0 amide bonds. The van der Waals surface area contributed by atoms with E-state index in [1.54, 1.807) is 0 Å². The van der Waals surface area contributed by atoms with Gasteiger partial charge in [0.2, 0.25) is 0 Å². The number of ether oxygens (including phenoxy) is 1. The van der Waals surface area contributed by atoms with E-state index in [0.29, 0.717) is 6.61 Å². The predicted molar refractivity (Wildman–Crippen MR) is 105 cm³/mol. The van der Waals surface area contributed by atoms with Crippen molar-refractivity contribution in [3.63, 3.8) is 0 Å². The lowest BCUT2D eigenvalue weighted by atomic mass is 9.99. The molecule has 0 saturated heterocycles. The van der Waals surface area contributed by atoms with Gasteiger partial charge in [-0.05, 0) is 43.5 Å². The van der Waals surface area contributed by atoms with Gasteiger partial charge < -0.3 is 4.74 Å². The van der Waals surface area contributed by atoms with Crippen molar-refractivity contribution in [3.05, 3.63) is 95.3 Å². The second-order valence-electron chi connectivity index (χ2n) is 5.63. The van der Waals surface area contributed by atoms with Crippen LogP contribution >= 0.6 is 0 Å². The summed E-state index contributed by atoms with van der Waals surface area (Å²) in [5, 5.41) is 0. The third kappa shape index (κ3) is 5.27. The first kappa shape index (κ1) is 17.8. The fourth-order valence-corrected chi connectivity index (χ4v) is 2.58. The smallest absolute Gasteiger partial charge is 0.127 e. The minimum atomic E-state index is 0.638. The van der Waals surface area contributed by atoms with Crippen molar-refractivity contribution < 1.29 is 4.74 Å². The van der Waals surface area contributed by atoms with Crippen LogP contribution in [0.1, 0.15) is 38.3 Å². The topological polar surface area (TPSA) is 9.23 Å². The molecule has 0 saturated carbocycles. The molecular weight excluding hydrogens is 292 g/mol. The van der Waals surface area contributed by atoms with Gasteiger partial charge in [0.05, 0.1) is 6.61 Å². The van der Waals surface area contributed by atoms with Gasteiger partial charge >= 0.3 is 0 Å². The highest BCUT2D eigenvalue weighted by Crippen LogP contribution is 2.27. The Morgan fingerprint density at radius 1 is 0.917 bits per heavy atom. The summed E-state index contributed by atoms with van der Waals surface area (Å²) in [4.78, 5) is 0. The average Bonchev–Trinajstić information content (AvgIpc) is 2.61. The van der Waals surface area contributed by atoms with E-state index in [0.717, 1.165) is 28.9 Å². The van der Waals surface area contributed by atoms with Gasteiger partial charge in [-0.1, -0.05) is 79.2 Å². The van der Waals surface area contributed by atoms with Crippen molar-refractivity contribution in [2.45, 2.75) is 27.2 Å². The van der Waals surface area contributed by atoms with E-state index in [9.17, 15) is 0 Å². The van der Waals surface area contributed by atoms with Crippen molar-refractivity contribution in [1.82, 2.24) is 0 Å². The molecule has 0 N–H and O–H groups in total. The van der Waals surface area contributed by atoms with Crippen LogP contribution in [0.5, 0.6) is 0 Å². The summed E-state index contributed by atoms with van der Waals surface area (Å²) in [6.45, 7) is 6.96. The summed E-state index contributed by atoms with van der Waals surface area (Å²) in [6, 6.07) is 20.7. The molecule has 0 atom stereocenters. The maximum atomic E-state index is 6.01. The zero-order chi connectivity index (χ0) is 17.2. The van der Waals surface area contributed by atoms with Crippen molar-refractivity contribution in [1.29, 1.82) is 0 Å². The Kier molecular flexibility index (Phi) is 7.10. The molecule has 0 aliphatic heterocycles. The standard InChI is InChI=1S/C23H26O/c1-4-12-19(3)17-22(21-15-10-7-11-16-21)23(24-5-2)18-20-13-8-6-9-14-20/h6-18H,4-5H2,1-3H3/b19-12-,22-17-,23-18-. The quantitative estimate of drug-likeness (QED) is 0.418. The van der Waals surface area contributed by atoms with Gasteiger partial charge in [-0.15, -0.1) is 0 Å². The van der Waals surface area contributed by atoms with E-state index in [2.05, 4.69) is 68.5 Å². The fraction of sp³-hybridized carbons (Fsp3) is 0.217. The van der Waals surface area contributed by atoms with Crippen molar-refractivity contribution in [3.8, 4) is 0 Å². The monoisotopic (exact) mass is 318 g/mol. The van der Waals surface area contributed by atoms with Gasteiger partial charge in [0.15, 0.2) is 0 Å². The summed E-state index contributed by atoms with van der Waals surface area (Å²) >= 11 is 0. The molecule has 0 aliphatic carbocycles. The van der Waals surface area contributed by atoms with Gasteiger partial charge in [0, 0.05) is 5.57 Å². The molecule has 2 aromatic carbocycles. The largest absolute Gasteiger partial charge is 0.493 e. The number of benzene rings is 2. The van der Waals surface area contributed by atoms with Crippen LogP contribution in [0.25, 0.3) is 11.6 Å². The number of rotatable bonds is 7. The Bertz CT molecular complexity index is 706. The van der Waals surface area contributed by atoms with Gasteiger partial charge in [0.1, 0.15) is 5.76 Å². The zero-order valence-electron chi connectivity index (χ0n) is 14.8. The molecule has 0 bridgehead atoms. The summed E-state index contributed by atoms with van der Waals surface area (Å²) in [6.07, 6.45) is 7.58. The van der Waals surface area contributed by atoms with Crippen LogP contribution in [-0.4, -0.2) is 6.61 Å². The molecule has 2 aromatic rings. The molecule has 0 aliphatic rings. The third-order valence-corrected chi connectivity index (χ3v) is 3.65. The second kappa shape index (κ2) is 9.57. The number of hydrogen-bond acceptors (Lipinski definition) is 1. The molecule has 0 unspecified atom stereocenters. The highest BCUT2D eigenvalue weighted by Gasteiger charge is 2.10. The van der Waals surface area contributed by atoms with Crippen molar-refractivity contribution in [2.75, 3.05) is 6.61 Å². The Morgan fingerprint density at radius 2 is 1.54 bits per heavy atom. The molecular formula is C23H26O. The van der Waals surface area contributed by atoms with Crippen LogP contribution in [0, 0.1) is 0 Å². The van der Waals surface area contributed by atoms with Gasteiger partial charge in [-0.2, -0.15) is 0 Å². The lowest BCUT2D eigenvalue weighted by Gasteiger charge is -2.14. The molecule has 1 nitrogen and oxygen atoms in total. The predicted octanol–water partition coefficient (Wildman–Crippen LogP) is 6.50. The van der Waals surface area contributed by atoms with Gasteiger partial charge in [-0.3, -0.25) is 0 Å². The minimum absolute atomic E-state index is 0.638. The van der Waals surface area contributed by atoms with E-state index in [-0.39, 0.29) is 0 Å². The molecule has 124 valence electrons. The summed E-state index contributed by atoms with van der Waals surface area (Å²) in [5.41, 5.74) is 4.66. The molecule has 0 spiro atoms. The normalized spacial score (nSPS) is 13.0. The molecule has 2 rings (SSSR count). The first-order valence-corrected chi connectivity index (χ1v) is 8.58. The maximum absolute atomic E-state index is 6.01. The van der Waals surface area contributed by atoms with E-state index in [1.165, 1.54) is 5.57 Å². The lowest BCUT2D eigenvalue weighted by Crippen LogP contribution is -1.97. The Labute approximate surface area is 146 Å². The lowest BCUT2D eigenvalue weighted by molar-refractivity contribution is 0.249. The van der Waals surface area contributed by atoms with E-state index in [4.69, 9.17) is 4.74 Å². The van der Waals surface area contributed by atoms with Crippen LogP contribution in [0.4, 0.5) is 0 Å². The van der Waals surface area contributed by atoms with E-state index >= 15 is 0 Å². The van der Waals surface area contributed by atoms with Crippen molar-refractivity contribution in [2.24, 2.45) is 0 Å². The average molecular weight is 318 g/mol. The maximum Gasteiger partial charge on any atom is 0.127 e. The van der Waals surface area contributed by atoms with Crippen LogP contribution in [0.3, 0.4) is 0 Å². The number of allylic oxidation sites excluding steroid dienone is 4. The Morgan fingerprint density at radius 3 is 2.12 bits per heavy atom. The summed E-state index contributed by atoms with van der Waals surface area (Å²) in [5.74, 6) is 0.902. The Hall–Kier alpha value is -2.54. The van der Waals surface area contributed by atoms with Crippen LogP contribution in [0.2, 0.25) is 0 Å². The SMILES string of the molecule is CC\C=C(C)/C=C(\C(=C\c1ccccc1)OCC)c1ccccc1. The molecule has 0 aromatic heterocycles. The van der Waals surface area contributed by atoms with Gasteiger partial charge in [-0.25, -0.2) is 0 Å². The van der Waals surface area contributed by atoms with E-state index in [1.807, 2.05) is 31.2 Å². The molecule has 0 heterocycles. The minimum Gasteiger partial charge on any atom is -0.493 e. The molecule has 1 heteroatoms. The third-order valence-electron chi connectivity index (χ3n) is 3.65. The van der Waals surface area contributed by atoms with Crippen LogP contribution < -0.4 is 0 Å². The van der Waals surface area contributed by atoms with Crippen molar-refractivity contribution >= 4 is 11.6 Å². The summed E-state index contributed by atoms with van der Waals surface area (Å²) in [7, 11) is 0. The number of hydrogen-bond donors (Lipinski definition) is 0. The zero-order valence-corrected chi connectivity index (χ0v) is 14.8.